The number of benzene rings is 1. The Morgan fingerprint density at radius 3 is 2.02 bits per heavy atom. The summed E-state index contributed by atoms with van der Waals surface area (Å²) in [7, 11) is -5.07. The Bertz CT molecular complexity index is 3560. The lowest BCUT2D eigenvalue weighted by Gasteiger charge is -2.48. The number of aliphatic imine (C=N–C) groups is 3. The number of allylic oxidation sites excluding steroid dienone is 6. The van der Waals surface area contributed by atoms with Crippen LogP contribution in [0.2, 0.25) is 0 Å². The van der Waals surface area contributed by atoms with Gasteiger partial charge in [-0.25, -0.2) is 9.55 Å². The van der Waals surface area contributed by atoms with Crippen LogP contribution in [0.25, 0.3) is 11.0 Å². The van der Waals surface area contributed by atoms with Gasteiger partial charge in [-0.15, -0.1) is 0 Å². The number of primary amides is 6. The zero-order valence-electron chi connectivity index (χ0n) is 54.0. The fourth-order valence-electron chi connectivity index (χ4n) is 15.8. The van der Waals surface area contributed by atoms with Gasteiger partial charge in [0.25, 0.3) is 0 Å². The summed E-state index contributed by atoms with van der Waals surface area (Å²) in [5, 5.41) is 28.3. The highest BCUT2D eigenvalue weighted by molar-refractivity contribution is 7.47. The van der Waals surface area contributed by atoms with Gasteiger partial charge in [0.15, 0.2) is 6.23 Å². The molecule has 6 aliphatic rings. The van der Waals surface area contributed by atoms with E-state index < -0.39 is 143 Å². The first-order chi connectivity index (χ1) is 42.4. The molecule has 17 N–H and O–H groups in total. The van der Waals surface area contributed by atoms with Crippen molar-refractivity contribution in [3.63, 3.8) is 0 Å². The summed E-state index contributed by atoms with van der Waals surface area (Å²) in [5.74, 6) is -7.18. The van der Waals surface area contributed by atoms with Gasteiger partial charge in [-0.3, -0.25) is 57.6 Å². The second kappa shape index (κ2) is 26.2. The summed E-state index contributed by atoms with van der Waals surface area (Å²) < 4.78 is 32.4. The van der Waals surface area contributed by atoms with Crippen molar-refractivity contribution in [2.24, 2.45) is 94.7 Å². The van der Waals surface area contributed by atoms with E-state index in [0.29, 0.717) is 56.4 Å². The monoisotopic (exact) mass is 1290 g/mol. The fourth-order valence-corrected chi connectivity index (χ4v) is 16.9. The van der Waals surface area contributed by atoms with Gasteiger partial charge in [0.05, 0.1) is 41.7 Å². The van der Waals surface area contributed by atoms with E-state index in [1.807, 2.05) is 87.4 Å². The first kappa shape index (κ1) is 69.9. The number of rotatable bonds is 27. The molecule has 1 aromatic heterocycles. The third-order valence-corrected chi connectivity index (χ3v) is 22.0. The molecule has 0 radical (unpaired) electrons. The van der Waals surface area contributed by atoms with Crippen molar-refractivity contribution in [1.29, 1.82) is 0 Å². The molecule has 91 heavy (non-hydrogen) atoms. The largest absolute Gasteiger partial charge is 0.472 e. The summed E-state index contributed by atoms with van der Waals surface area (Å²) in [6.07, 6.45) is -3.52. The van der Waals surface area contributed by atoms with E-state index >= 15 is 0 Å². The number of aliphatic hydroxyl groups is 2. The number of aryl methyl sites for hydroxylation is 2. The van der Waals surface area contributed by atoms with E-state index in [4.69, 9.17) is 63.2 Å². The predicted octanol–water partition coefficient (Wildman–Crippen LogP) is 3.42. The van der Waals surface area contributed by atoms with E-state index in [1.165, 1.54) is 13.3 Å². The molecule has 1 unspecified atom stereocenters. The number of ether oxygens (including phenoxy) is 1. The molecule has 8 rings (SSSR count). The molecule has 7 amide bonds. The lowest BCUT2D eigenvalue weighted by molar-refractivity contribution is -0.124. The molecule has 2 saturated heterocycles. The number of nitrogens with zero attached hydrogens (tertiary/aromatic N) is 5. The van der Waals surface area contributed by atoms with Crippen molar-refractivity contribution in [1.82, 2.24) is 20.2 Å². The van der Waals surface area contributed by atoms with Crippen LogP contribution in [0.4, 0.5) is 0 Å². The Morgan fingerprint density at radius 2 is 1.44 bits per heavy atom. The number of aliphatic hydroxyl groups excluding tert-OH is 2. The maximum atomic E-state index is 14.4. The fraction of sp³-hybridized carbons (Fsp3) is 0.635. The zero-order valence-corrected chi connectivity index (χ0v) is 54.9. The van der Waals surface area contributed by atoms with Crippen LogP contribution in [0.1, 0.15) is 157 Å². The maximum absolute atomic E-state index is 14.4. The molecule has 27 nitrogen and oxygen atoms in total. The molecule has 0 aliphatic carbocycles. The first-order valence-corrected chi connectivity index (χ1v) is 32.6. The van der Waals surface area contributed by atoms with Gasteiger partial charge in [-0.1, -0.05) is 41.5 Å². The van der Waals surface area contributed by atoms with Crippen molar-refractivity contribution in [3.8, 4) is 0 Å². The molecule has 7 heterocycles. The Kier molecular flexibility index (Phi) is 20.1. The number of imidazole rings is 1. The van der Waals surface area contributed by atoms with E-state index in [1.54, 1.807) is 4.57 Å². The van der Waals surface area contributed by atoms with Crippen LogP contribution in [-0.4, -0.2) is 132 Å². The van der Waals surface area contributed by atoms with Crippen LogP contribution in [0.5, 0.6) is 0 Å². The Balaban J connectivity index is 1.19. The topological polar surface area (TPSA) is 460 Å². The number of hydrogen-bond acceptors (Lipinski definition) is 18. The SMILES string of the molecule is CCc1cc2c(cc1C)ncn2[C@H]1O[C@H](CO)[C@@H](OP(=O)(O)O[C@H](C)CNC(=O)CC[C@@]2(C)C3=N[C@H]([C@@H]2CC(N)=O)[C@]2(C)N=C(C(C)=C4NC(=CC5=NC(=C3C)[C@@H](CCC(N)=O)C5(C)C)[C@@H](CCC(N)=O)[C@]4(C)CC(N)=O)[C@@H](CCC(N)=O)[C@]2(C)CC(N)=O)[C@H]1O. The van der Waals surface area contributed by atoms with Crippen LogP contribution < -0.4 is 45.0 Å². The van der Waals surface area contributed by atoms with Gasteiger partial charge in [-0.2, -0.15) is 0 Å². The third kappa shape index (κ3) is 13.3. The zero-order chi connectivity index (χ0) is 67.4. The van der Waals surface area contributed by atoms with Crippen molar-refractivity contribution in [3.05, 3.63) is 63.9 Å². The average molecular weight is 1290 g/mol. The van der Waals surface area contributed by atoms with Crippen LogP contribution in [0, 0.1) is 52.3 Å². The van der Waals surface area contributed by atoms with E-state index in [-0.39, 0.29) is 77.2 Å². The number of amides is 7. The molecular weight excluding hydrogens is 1190 g/mol. The summed E-state index contributed by atoms with van der Waals surface area (Å²) in [6.45, 7) is 19.4. The van der Waals surface area contributed by atoms with Gasteiger partial charge in [-0.05, 0) is 107 Å². The number of nitrogens with two attached hydrogens (primary N) is 6. The number of fused-ring (bicyclic) bond motifs is 7. The second-order valence-electron chi connectivity index (χ2n) is 27.3. The molecular formula is C63H92N13O14P. The minimum absolute atomic E-state index is 0.0112. The number of carbonyl (C=O) groups is 7. The summed E-state index contributed by atoms with van der Waals surface area (Å²) in [4.78, 5) is 126. The normalized spacial score (nSPS) is 31.8. The Hall–Kier alpha value is -7.00. The van der Waals surface area contributed by atoms with Crippen LogP contribution in [0.3, 0.4) is 0 Å². The molecule has 15 atom stereocenters. The maximum Gasteiger partial charge on any atom is 0.472 e. The first-order valence-electron chi connectivity index (χ1n) is 31.1. The van der Waals surface area contributed by atoms with Crippen LogP contribution in [0.15, 0.2) is 67.8 Å². The van der Waals surface area contributed by atoms with Crippen LogP contribution >= 0.6 is 7.82 Å². The quantitative estimate of drug-likeness (QED) is 0.0571. The minimum Gasteiger partial charge on any atom is -0.394 e. The van der Waals surface area contributed by atoms with Gasteiger partial charge in [0, 0.05) is 131 Å². The van der Waals surface area contributed by atoms with Gasteiger partial charge < -0.3 is 69.4 Å². The van der Waals surface area contributed by atoms with E-state index in [9.17, 15) is 53.2 Å². The highest BCUT2D eigenvalue weighted by atomic mass is 31.2. The number of phosphoric acid groups is 1. The molecule has 8 bridgehead atoms. The number of aromatic nitrogens is 2. The van der Waals surface area contributed by atoms with Gasteiger partial charge in [0.2, 0.25) is 41.4 Å². The van der Waals surface area contributed by atoms with E-state index in [2.05, 4.69) is 15.6 Å². The van der Waals surface area contributed by atoms with Gasteiger partial charge in [0.1, 0.15) is 18.3 Å². The number of nitrogens with one attached hydrogen (secondary N) is 2. The van der Waals surface area contributed by atoms with Crippen LogP contribution in [-0.2, 0) is 58.3 Å². The Morgan fingerprint density at radius 1 is 0.824 bits per heavy atom. The molecule has 2 aromatic rings. The van der Waals surface area contributed by atoms with Gasteiger partial charge >= 0.3 is 7.82 Å². The minimum atomic E-state index is -5.07. The molecule has 1 aromatic carbocycles. The molecule has 0 saturated carbocycles. The summed E-state index contributed by atoms with van der Waals surface area (Å²) in [5.41, 5.74) is 37.5. The lowest BCUT2D eigenvalue weighted by atomic mass is 9.55. The molecule has 6 aliphatic heterocycles. The number of phosphoric ester groups is 1. The molecule has 0 spiro atoms. The van der Waals surface area contributed by atoms with Crippen molar-refractivity contribution in [2.45, 2.75) is 195 Å². The van der Waals surface area contributed by atoms with Crippen molar-refractivity contribution >= 4 is 77.3 Å². The highest BCUT2D eigenvalue weighted by Crippen LogP contribution is 2.63. The Labute approximate surface area is 529 Å². The summed E-state index contributed by atoms with van der Waals surface area (Å²) in [6, 6.07) is 2.78. The van der Waals surface area contributed by atoms with Crippen molar-refractivity contribution in [2.75, 3.05) is 13.2 Å². The number of carbonyl (C=O) groups excluding carboxylic acids is 7. The third-order valence-electron chi connectivity index (χ3n) is 20.8. The van der Waals surface area contributed by atoms with Crippen molar-refractivity contribution < 1.29 is 67.0 Å². The molecule has 28 heteroatoms. The molecule has 498 valence electrons. The highest BCUT2D eigenvalue weighted by Gasteiger charge is 2.66. The molecule has 2 fully saturated rings. The lowest BCUT2D eigenvalue weighted by Crippen LogP contribution is -2.56. The second-order valence-corrected chi connectivity index (χ2v) is 28.6. The average Bonchev–Trinajstić information content (AvgIpc) is 1.53. The summed E-state index contributed by atoms with van der Waals surface area (Å²) >= 11 is 0. The van der Waals surface area contributed by atoms with E-state index in [0.717, 1.165) is 17.5 Å². The number of hydrogen-bond donors (Lipinski definition) is 11. The standard InChI is InChI=1S/C63H92N13O14P/c1-12-34-22-41-40(21-30(34)2)71-29-76(41)58-53(85)54(42(28-77)88-58)90-91(86,87)89-31(3)27-70-50(84)19-20-60(8)38(23-47(67)81)57-63(11)62(10,26-49(69)83)37(15-18-46(66)80)52(75-63)33(5)56-61(9,25-48(68)82)35(13-16-44(64)78)39(72-56)24-43-59(6,7)36(14-17-45(65)79)51(73-43)32(4)55(60)74-57/h21-22,24,29,31,35-38,42,53-54,57-58,72,77,85H,12-20,23,25-28H2,1-11H3,(H2,64,78)(H2,65,79)(H2,66,80)(H2,67,81)(H2,68,82)(H2,69,83)(H,70,84)(H,86,87)/t31-,35-,36-,37-,38+,42-,53-,54-,57-,58+,60-,61+,62+,63+/m1/s1. The smallest absolute Gasteiger partial charge is 0.394 e. The predicted molar refractivity (Wildman–Crippen MR) is 338 cm³/mol.